The molecule has 6 rings (SSSR count). The lowest BCUT2D eigenvalue weighted by atomic mass is 9.32. The topological polar surface area (TPSA) is 35.5 Å². The first-order valence-corrected chi connectivity index (χ1v) is 16.8. The van der Waals surface area contributed by atoms with E-state index in [0.29, 0.717) is 40.1 Å². The summed E-state index contributed by atoms with van der Waals surface area (Å²) in [7, 11) is 3.34. The number of rotatable bonds is 4. The Morgan fingerprint density at radius 3 is 2.24 bits per heavy atom. The van der Waals surface area contributed by atoms with Crippen LogP contribution in [0.4, 0.5) is 0 Å². The van der Waals surface area contributed by atoms with Crippen molar-refractivity contribution in [3.8, 4) is 11.5 Å². The predicted molar refractivity (Wildman–Crippen MR) is 173 cm³/mol. The summed E-state index contributed by atoms with van der Waals surface area (Å²) in [6, 6.07) is 6.02. The first kappa shape index (κ1) is 30.0. The van der Waals surface area contributed by atoms with E-state index in [9.17, 15) is 4.79 Å². The fourth-order valence-electron chi connectivity index (χ4n) is 12.6. The zero-order chi connectivity index (χ0) is 30.5. The van der Waals surface area contributed by atoms with Crippen LogP contribution in [0.15, 0.2) is 35.9 Å². The van der Waals surface area contributed by atoms with Gasteiger partial charge in [0.25, 0.3) is 0 Å². The van der Waals surface area contributed by atoms with Crippen molar-refractivity contribution >= 4 is 11.9 Å². The van der Waals surface area contributed by atoms with Crippen molar-refractivity contribution < 1.29 is 14.3 Å². The van der Waals surface area contributed by atoms with Crippen LogP contribution in [0.5, 0.6) is 11.5 Å². The number of methoxy groups -OCH3 is 2. The van der Waals surface area contributed by atoms with E-state index in [1.165, 1.54) is 56.9 Å². The van der Waals surface area contributed by atoms with Crippen molar-refractivity contribution in [2.75, 3.05) is 14.2 Å². The molecule has 230 valence electrons. The molecule has 0 saturated heterocycles. The third-order valence-electron chi connectivity index (χ3n) is 14.8. The molecule has 0 heterocycles. The van der Waals surface area contributed by atoms with E-state index >= 15 is 0 Å². The van der Waals surface area contributed by atoms with Gasteiger partial charge in [0.15, 0.2) is 17.3 Å². The lowest BCUT2D eigenvalue weighted by Crippen LogP contribution is -2.66. The number of hydrogen-bond acceptors (Lipinski definition) is 3. The standard InChI is InChI=1S/C39H56O3/c1-24(2)27-15-17-36(5)19-20-38(7)28(33(27)36)12-14-32-37(6)23-26(21-25-11-13-29(41-9)30(22-25)42-10)34(40)35(3,4)31(37)16-18-39(32,38)8/h11,13,21-22,27-28,31-33H,1,12,14-20,23H2,2-10H3/b26-21-/t27-,28+,31-,32+,33+,36+,37+,38+,39-/m0/s1. The molecule has 1 aromatic carbocycles. The van der Waals surface area contributed by atoms with Gasteiger partial charge in [0.05, 0.1) is 14.2 Å². The van der Waals surface area contributed by atoms with E-state index in [1.807, 2.05) is 12.1 Å². The van der Waals surface area contributed by atoms with E-state index in [-0.39, 0.29) is 16.2 Å². The third kappa shape index (κ3) is 3.93. The Hall–Kier alpha value is -2.03. The lowest BCUT2D eigenvalue weighted by molar-refractivity contribution is -0.228. The predicted octanol–water partition coefficient (Wildman–Crippen LogP) is 9.94. The van der Waals surface area contributed by atoms with Crippen molar-refractivity contribution in [1.29, 1.82) is 0 Å². The number of ketones is 1. The first-order chi connectivity index (χ1) is 19.7. The average molecular weight is 573 g/mol. The van der Waals surface area contributed by atoms with E-state index < -0.39 is 0 Å². The summed E-state index contributed by atoms with van der Waals surface area (Å²) in [6.07, 6.45) is 13.5. The summed E-state index contributed by atoms with van der Waals surface area (Å²) in [4.78, 5) is 14.2. The molecule has 0 bridgehead atoms. The second-order valence-corrected chi connectivity index (χ2v) is 16.9. The SMILES string of the molecule is C=C(C)[C@@H]1CC[C@]2(C)CC[C@]3(C)[C@H](CC[C@@H]4[C@]5(C)C/C(=C/c6ccc(OC)c(OC)c6)C(=O)C(C)(C)[C@@H]5CC[C@@]43C)[C@@H]12. The zero-order valence-corrected chi connectivity index (χ0v) is 28.0. The van der Waals surface area contributed by atoms with Gasteiger partial charge < -0.3 is 9.47 Å². The molecule has 0 spiro atoms. The van der Waals surface area contributed by atoms with E-state index in [0.717, 1.165) is 35.1 Å². The van der Waals surface area contributed by atoms with Gasteiger partial charge in [0, 0.05) is 5.41 Å². The molecule has 5 fully saturated rings. The van der Waals surface area contributed by atoms with Gasteiger partial charge >= 0.3 is 0 Å². The molecule has 0 unspecified atom stereocenters. The third-order valence-corrected chi connectivity index (χ3v) is 14.8. The van der Waals surface area contributed by atoms with Crippen LogP contribution in [0.2, 0.25) is 0 Å². The molecule has 0 radical (unpaired) electrons. The molecule has 5 saturated carbocycles. The first-order valence-electron chi connectivity index (χ1n) is 16.8. The highest BCUT2D eigenvalue weighted by molar-refractivity contribution is 6.04. The molecule has 0 N–H and O–H groups in total. The lowest BCUT2D eigenvalue weighted by Gasteiger charge is -2.72. The van der Waals surface area contributed by atoms with Crippen molar-refractivity contribution in [1.82, 2.24) is 0 Å². The minimum atomic E-state index is -0.365. The summed E-state index contributed by atoms with van der Waals surface area (Å²) in [5, 5.41) is 0. The summed E-state index contributed by atoms with van der Waals surface area (Å²) >= 11 is 0. The molecule has 5 aliphatic carbocycles. The van der Waals surface area contributed by atoms with Crippen LogP contribution >= 0.6 is 0 Å². The monoisotopic (exact) mass is 572 g/mol. The number of ether oxygens (including phenoxy) is 2. The van der Waals surface area contributed by atoms with Crippen LogP contribution in [-0.2, 0) is 4.79 Å². The number of Topliss-reactive ketones (excluding diaryl/α,β-unsaturated/α-hetero) is 1. The molecule has 1 aromatic rings. The molecular weight excluding hydrogens is 516 g/mol. The maximum absolute atomic E-state index is 14.2. The largest absolute Gasteiger partial charge is 0.493 e. The molecule has 0 aliphatic heterocycles. The highest BCUT2D eigenvalue weighted by atomic mass is 16.5. The van der Waals surface area contributed by atoms with Crippen LogP contribution in [0, 0.1) is 56.7 Å². The van der Waals surface area contributed by atoms with Gasteiger partial charge in [-0.3, -0.25) is 4.79 Å². The smallest absolute Gasteiger partial charge is 0.164 e. The molecule has 42 heavy (non-hydrogen) atoms. The van der Waals surface area contributed by atoms with Crippen molar-refractivity contribution in [2.24, 2.45) is 56.7 Å². The number of benzene rings is 1. The Labute approximate surface area is 255 Å². The normalized spacial score (nSPS) is 44.9. The maximum Gasteiger partial charge on any atom is 0.164 e. The molecule has 0 aromatic heterocycles. The Kier molecular flexibility index (Phi) is 6.96. The van der Waals surface area contributed by atoms with Crippen LogP contribution in [0.1, 0.15) is 112 Å². The zero-order valence-electron chi connectivity index (χ0n) is 28.0. The van der Waals surface area contributed by atoms with Gasteiger partial charge in [0.1, 0.15) is 0 Å². The number of carbonyl (C=O) groups is 1. The van der Waals surface area contributed by atoms with E-state index in [1.54, 1.807) is 14.2 Å². The van der Waals surface area contributed by atoms with Crippen LogP contribution in [0.3, 0.4) is 0 Å². The fourth-order valence-corrected chi connectivity index (χ4v) is 12.6. The van der Waals surface area contributed by atoms with Crippen LogP contribution in [-0.4, -0.2) is 20.0 Å². The number of allylic oxidation sites excluding steroid dienone is 2. The highest BCUT2D eigenvalue weighted by Gasteiger charge is 2.70. The van der Waals surface area contributed by atoms with Crippen molar-refractivity contribution in [3.05, 3.63) is 41.5 Å². The summed E-state index contributed by atoms with van der Waals surface area (Å²) in [5.41, 5.74) is 4.28. The molecule has 0 amide bonds. The van der Waals surface area contributed by atoms with Gasteiger partial charge in [-0.2, -0.15) is 0 Å². The second kappa shape index (κ2) is 9.73. The second-order valence-electron chi connectivity index (χ2n) is 16.9. The Morgan fingerprint density at radius 1 is 0.857 bits per heavy atom. The molecule has 3 nitrogen and oxygen atoms in total. The van der Waals surface area contributed by atoms with E-state index in [4.69, 9.17) is 9.47 Å². The van der Waals surface area contributed by atoms with Gasteiger partial charge in [-0.1, -0.05) is 59.8 Å². The highest BCUT2D eigenvalue weighted by Crippen LogP contribution is 2.77. The van der Waals surface area contributed by atoms with Crippen molar-refractivity contribution in [2.45, 2.75) is 106 Å². The Balaban J connectivity index is 1.39. The molecule has 5 aliphatic rings. The van der Waals surface area contributed by atoms with Crippen LogP contribution in [0.25, 0.3) is 6.08 Å². The minimum Gasteiger partial charge on any atom is -0.493 e. The Morgan fingerprint density at radius 2 is 1.57 bits per heavy atom. The summed E-state index contributed by atoms with van der Waals surface area (Å²) in [5.74, 6) is 5.06. The molecular formula is C39H56O3. The Bertz CT molecular complexity index is 1320. The summed E-state index contributed by atoms with van der Waals surface area (Å²) < 4.78 is 11.1. The van der Waals surface area contributed by atoms with Gasteiger partial charge in [-0.15, -0.1) is 0 Å². The van der Waals surface area contributed by atoms with Gasteiger partial charge in [0.2, 0.25) is 0 Å². The number of fused-ring (bicyclic) bond motifs is 7. The van der Waals surface area contributed by atoms with Gasteiger partial charge in [-0.05, 0) is 145 Å². The summed E-state index contributed by atoms with van der Waals surface area (Å²) in [6.45, 7) is 21.9. The fraction of sp³-hybridized carbons (Fsp3) is 0.718. The molecule has 3 heteroatoms. The maximum atomic E-state index is 14.2. The number of carbonyl (C=O) groups excluding carboxylic acids is 1. The average Bonchev–Trinajstić information content (AvgIpc) is 3.29. The van der Waals surface area contributed by atoms with Crippen LogP contribution < -0.4 is 9.47 Å². The number of hydrogen-bond donors (Lipinski definition) is 0. The van der Waals surface area contributed by atoms with Gasteiger partial charge in [-0.25, -0.2) is 0 Å². The molecule has 9 atom stereocenters. The minimum absolute atomic E-state index is 0.102. The van der Waals surface area contributed by atoms with E-state index in [2.05, 4.69) is 67.2 Å². The van der Waals surface area contributed by atoms with Crippen molar-refractivity contribution in [3.63, 3.8) is 0 Å². The quantitative estimate of drug-likeness (QED) is 0.266.